The van der Waals surface area contributed by atoms with E-state index < -0.39 is 10.0 Å². The van der Waals surface area contributed by atoms with Crippen LogP contribution >= 0.6 is 15.9 Å². The molecule has 0 radical (unpaired) electrons. The Morgan fingerprint density at radius 1 is 1.04 bits per heavy atom. The number of nitrogens with zero attached hydrogens (tertiary/aromatic N) is 1. The maximum absolute atomic E-state index is 12.6. The summed E-state index contributed by atoms with van der Waals surface area (Å²) in [6.07, 6.45) is 0. The SMILES string of the molecule is O=C(C[NH+]1CCN(S(=O)(=O)c2ccccc2)CC1)Nc1ccc(Br)cc1. The molecule has 2 N–H and O–H groups in total. The van der Waals surface area contributed by atoms with Crippen molar-refractivity contribution in [2.75, 3.05) is 38.0 Å². The van der Waals surface area contributed by atoms with Gasteiger partial charge in [-0.05, 0) is 36.4 Å². The zero-order valence-electron chi connectivity index (χ0n) is 14.2. The molecular formula is C18H21BrN3O3S+. The van der Waals surface area contributed by atoms with Crippen LogP contribution in [0.5, 0.6) is 0 Å². The second-order valence-electron chi connectivity index (χ2n) is 6.20. The minimum absolute atomic E-state index is 0.0679. The molecule has 0 unspecified atom stereocenters. The average Bonchev–Trinajstić information content (AvgIpc) is 2.65. The Bertz CT molecular complexity index is 849. The normalized spacial score (nSPS) is 16.3. The molecule has 3 rings (SSSR count). The van der Waals surface area contributed by atoms with Gasteiger partial charge in [0.25, 0.3) is 5.91 Å². The van der Waals surface area contributed by atoms with E-state index in [0.29, 0.717) is 37.6 Å². The van der Waals surface area contributed by atoms with Crippen LogP contribution in [0.15, 0.2) is 64.0 Å². The number of hydrogen-bond donors (Lipinski definition) is 2. The second-order valence-corrected chi connectivity index (χ2v) is 9.05. The predicted octanol–water partition coefficient (Wildman–Crippen LogP) is 0.977. The summed E-state index contributed by atoms with van der Waals surface area (Å²) in [7, 11) is -3.45. The number of benzene rings is 2. The molecule has 1 amide bonds. The summed E-state index contributed by atoms with van der Waals surface area (Å²) >= 11 is 3.36. The summed E-state index contributed by atoms with van der Waals surface area (Å²) in [5.41, 5.74) is 0.753. The summed E-state index contributed by atoms with van der Waals surface area (Å²) in [6.45, 7) is 2.38. The van der Waals surface area contributed by atoms with Crippen LogP contribution in [0.25, 0.3) is 0 Å². The fraction of sp³-hybridized carbons (Fsp3) is 0.278. The smallest absolute Gasteiger partial charge is 0.279 e. The Labute approximate surface area is 162 Å². The van der Waals surface area contributed by atoms with Gasteiger partial charge in [0.05, 0.1) is 31.1 Å². The number of sulfonamides is 1. The van der Waals surface area contributed by atoms with Crippen molar-refractivity contribution >= 4 is 37.5 Å². The third-order valence-corrected chi connectivity index (χ3v) is 6.79. The summed E-state index contributed by atoms with van der Waals surface area (Å²) < 4.78 is 27.7. The van der Waals surface area contributed by atoms with Crippen molar-refractivity contribution < 1.29 is 18.1 Å². The number of carbonyl (C=O) groups excluding carboxylic acids is 1. The van der Waals surface area contributed by atoms with E-state index in [1.54, 1.807) is 30.3 Å². The van der Waals surface area contributed by atoms with Crippen LogP contribution in [0, 0.1) is 0 Å². The van der Waals surface area contributed by atoms with Crippen molar-refractivity contribution in [3.05, 3.63) is 59.1 Å². The van der Waals surface area contributed by atoms with Gasteiger partial charge in [-0.3, -0.25) is 4.79 Å². The van der Waals surface area contributed by atoms with Crippen LogP contribution in [0.2, 0.25) is 0 Å². The fourth-order valence-electron chi connectivity index (χ4n) is 2.93. The lowest BCUT2D eigenvalue weighted by molar-refractivity contribution is -0.895. The molecule has 2 aromatic carbocycles. The third-order valence-electron chi connectivity index (χ3n) is 4.35. The van der Waals surface area contributed by atoms with Gasteiger partial charge in [0, 0.05) is 10.2 Å². The molecule has 8 heteroatoms. The van der Waals surface area contributed by atoms with E-state index in [1.165, 1.54) is 4.31 Å². The zero-order valence-corrected chi connectivity index (χ0v) is 16.6. The summed E-state index contributed by atoms with van der Waals surface area (Å²) in [5, 5.41) is 2.87. The Balaban J connectivity index is 1.52. The molecule has 2 aromatic rings. The lowest BCUT2D eigenvalue weighted by Gasteiger charge is -2.31. The van der Waals surface area contributed by atoms with Gasteiger partial charge < -0.3 is 10.2 Å². The van der Waals surface area contributed by atoms with Crippen molar-refractivity contribution in [2.24, 2.45) is 0 Å². The third kappa shape index (κ3) is 4.70. The van der Waals surface area contributed by atoms with E-state index in [1.807, 2.05) is 24.3 Å². The van der Waals surface area contributed by atoms with Crippen LogP contribution in [0.1, 0.15) is 0 Å². The molecule has 0 aliphatic carbocycles. The van der Waals surface area contributed by atoms with E-state index in [0.717, 1.165) is 15.1 Å². The van der Waals surface area contributed by atoms with E-state index in [2.05, 4.69) is 21.2 Å². The van der Waals surface area contributed by atoms with Crippen molar-refractivity contribution in [1.29, 1.82) is 0 Å². The zero-order chi connectivity index (χ0) is 18.6. The van der Waals surface area contributed by atoms with Gasteiger partial charge in [-0.1, -0.05) is 34.1 Å². The quantitative estimate of drug-likeness (QED) is 0.730. The van der Waals surface area contributed by atoms with Crippen LogP contribution in [-0.2, 0) is 14.8 Å². The number of quaternary nitrogens is 1. The first-order valence-electron chi connectivity index (χ1n) is 8.39. The maximum Gasteiger partial charge on any atom is 0.279 e. The van der Waals surface area contributed by atoms with Crippen LogP contribution in [-0.4, -0.2) is 51.4 Å². The highest BCUT2D eigenvalue weighted by Crippen LogP contribution is 2.15. The molecule has 0 atom stereocenters. The van der Waals surface area contributed by atoms with Gasteiger partial charge in [0.1, 0.15) is 0 Å². The Morgan fingerprint density at radius 2 is 1.65 bits per heavy atom. The van der Waals surface area contributed by atoms with E-state index >= 15 is 0 Å². The van der Waals surface area contributed by atoms with Crippen LogP contribution in [0.3, 0.4) is 0 Å². The highest BCUT2D eigenvalue weighted by atomic mass is 79.9. The van der Waals surface area contributed by atoms with Crippen LogP contribution in [0.4, 0.5) is 5.69 Å². The van der Waals surface area contributed by atoms with Crippen LogP contribution < -0.4 is 10.2 Å². The second kappa shape index (κ2) is 8.30. The molecular weight excluding hydrogens is 418 g/mol. The number of piperazine rings is 1. The summed E-state index contributed by atoms with van der Waals surface area (Å²) in [5.74, 6) is -0.0679. The number of amides is 1. The Hall–Kier alpha value is -1.74. The molecule has 1 saturated heterocycles. The van der Waals surface area contributed by atoms with Gasteiger partial charge in [-0.2, -0.15) is 4.31 Å². The number of nitrogens with one attached hydrogen (secondary N) is 2. The largest absolute Gasteiger partial charge is 0.325 e. The minimum atomic E-state index is -3.45. The molecule has 1 fully saturated rings. The van der Waals surface area contributed by atoms with E-state index in [4.69, 9.17) is 0 Å². The fourth-order valence-corrected chi connectivity index (χ4v) is 4.65. The monoisotopic (exact) mass is 438 g/mol. The van der Waals surface area contributed by atoms with Gasteiger partial charge in [0.15, 0.2) is 6.54 Å². The first kappa shape index (κ1) is 19.0. The van der Waals surface area contributed by atoms with Crippen molar-refractivity contribution in [3.63, 3.8) is 0 Å². The number of halogens is 1. The van der Waals surface area contributed by atoms with Crippen molar-refractivity contribution in [3.8, 4) is 0 Å². The van der Waals surface area contributed by atoms with Gasteiger partial charge in [0.2, 0.25) is 10.0 Å². The van der Waals surface area contributed by atoms with E-state index in [-0.39, 0.29) is 5.91 Å². The Kier molecular flexibility index (Phi) is 6.08. The summed E-state index contributed by atoms with van der Waals surface area (Å²) in [4.78, 5) is 13.6. The van der Waals surface area contributed by atoms with Gasteiger partial charge in [-0.15, -0.1) is 0 Å². The first-order chi connectivity index (χ1) is 12.4. The van der Waals surface area contributed by atoms with Gasteiger partial charge >= 0.3 is 0 Å². The Morgan fingerprint density at radius 3 is 2.27 bits per heavy atom. The number of hydrogen-bond acceptors (Lipinski definition) is 3. The molecule has 1 aliphatic heterocycles. The van der Waals surface area contributed by atoms with Crippen molar-refractivity contribution in [1.82, 2.24) is 4.31 Å². The number of anilines is 1. The number of rotatable bonds is 5. The molecule has 0 bridgehead atoms. The molecule has 138 valence electrons. The topological polar surface area (TPSA) is 70.9 Å². The first-order valence-corrected chi connectivity index (χ1v) is 10.6. The highest BCUT2D eigenvalue weighted by Gasteiger charge is 2.30. The lowest BCUT2D eigenvalue weighted by Crippen LogP contribution is -3.15. The molecule has 1 heterocycles. The molecule has 1 aliphatic rings. The highest BCUT2D eigenvalue weighted by molar-refractivity contribution is 9.10. The maximum atomic E-state index is 12.6. The molecule has 0 aromatic heterocycles. The lowest BCUT2D eigenvalue weighted by atomic mass is 10.3. The standard InChI is InChI=1S/C18H20BrN3O3S/c19-15-6-8-16(9-7-15)20-18(23)14-21-10-12-22(13-11-21)26(24,25)17-4-2-1-3-5-17/h1-9H,10-14H2,(H,20,23)/p+1. The van der Waals surface area contributed by atoms with Gasteiger partial charge in [-0.25, -0.2) is 8.42 Å². The number of carbonyl (C=O) groups is 1. The van der Waals surface area contributed by atoms with E-state index in [9.17, 15) is 13.2 Å². The molecule has 0 saturated carbocycles. The molecule has 6 nitrogen and oxygen atoms in total. The molecule has 26 heavy (non-hydrogen) atoms. The minimum Gasteiger partial charge on any atom is -0.325 e. The molecule has 0 spiro atoms. The van der Waals surface area contributed by atoms with Crippen molar-refractivity contribution in [2.45, 2.75) is 4.90 Å². The summed E-state index contributed by atoms with van der Waals surface area (Å²) in [6, 6.07) is 15.9. The predicted molar refractivity (Wildman–Crippen MR) is 104 cm³/mol. The average molecular weight is 439 g/mol.